The van der Waals surface area contributed by atoms with Gasteiger partial charge in [0.25, 0.3) is 15.0 Å². The molecule has 0 saturated carbocycles. The number of unbranched alkanes of at least 4 members (excludes halogenated alkanes) is 1. The third-order valence-electron chi connectivity index (χ3n) is 2.36. The molecule has 0 aliphatic carbocycles. The van der Waals surface area contributed by atoms with Crippen LogP contribution in [0.1, 0.15) is 29.8 Å². The summed E-state index contributed by atoms with van der Waals surface area (Å²) in [5, 5.41) is 2.37. The second kappa shape index (κ2) is 6.49. The van der Waals surface area contributed by atoms with Gasteiger partial charge in [0.05, 0.1) is 0 Å². The number of nitrogens with one attached hydrogen (secondary N) is 2. The Hall–Kier alpha value is -1.22. The van der Waals surface area contributed by atoms with Crippen LogP contribution in [0.25, 0.3) is 0 Å². The molecule has 0 radical (unpaired) electrons. The van der Waals surface area contributed by atoms with Crippen LogP contribution in [0.5, 0.6) is 0 Å². The molecule has 0 atom stereocenters. The number of rotatable bonds is 6. The molecule has 1 aromatic rings. The van der Waals surface area contributed by atoms with Crippen molar-refractivity contribution in [3.05, 3.63) is 18.0 Å². The number of aromatic amines is 1. The maximum Gasteiger partial charge on any atom is 0.389 e. The smallest absolute Gasteiger partial charge is 0.356 e. The first-order valence-corrected chi connectivity index (χ1v) is 7.88. The predicted molar refractivity (Wildman–Crippen MR) is 66.1 cm³/mol. The fourth-order valence-corrected chi connectivity index (χ4v) is 2.12. The third kappa shape index (κ3) is 5.83. The topological polar surface area (TPSA) is 79.0 Å². The Balaban J connectivity index is 2.39. The molecular formula is C10H12ClF3N2O3S. The Morgan fingerprint density at radius 1 is 1.35 bits per heavy atom. The molecule has 0 aliphatic heterocycles. The van der Waals surface area contributed by atoms with Crippen LogP contribution in [-0.4, -0.2) is 32.0 Å². The first-order chi connectivity index (χ1) is 9.09. The number of H-pyrrole nitrogens is 1. The van der Waals surface area contributed by atoms with Gasteiger partial charge in [0.1, 0.15) is 10.6 Å². The molecule has 0 saturated heterocycles. The van der Waals surface area contributed by atoms with Crippen molar-refractivity contribution in [3.8, 4) is 0 Å². The Bertz CT molecular complexity index is 569. The van der Waals surface area contributed by atoms with Crippen LogP contribution in [0.15, 0.2) is 17.2 Å². The summed E-state index contributed by atoms with van der Waals surface area (Å²) in [4.78, 5) is 13.7. The summed E-state index contributed by atoms with van der Waals surface area (Å²) in [5.41, 5.74) is -0.0277. The highest BCUT2D eigenvalue weighted by atomic mass is 35.7. The largest absolute Gasteiger partial charge is 0.389 e. The molecule has 0 bridgehead atoms. The zero-order valence-corrected chi connectivity index (χ0v) is 11.7. The lowest BCUT2D eigenvalue weighted by molar-refractivity contribution is -0.135. The van der Waals surface area contributed by atoms with Gasteiger partial charge in [0.2, 0.25) is 0 Å². The summed E-state index contributed by atoms with van der Waals surface area (Å²) in [6.45, 7) is 0.0664. The Morgan fingerprint density at radius 3 is 2.50 bits per heavy atom. The van der Waals surface area contributed by atoms with E-state index < -0.39 is 27.6 Å². The minimum absolute atomic E-state index is 0.0277. The maximum absolute atomic E-state index is 11.9. The summed E-state index contributed by atoms with van der Waals surface area (Å²) >= 11 is 0. The number of halogens is 4. The molecule has 1 rings (SSSR count). The van der Waals surface area contributed by atoms with Crippen molar-refractivity contribution in [2.75, 3.05) is 6.54 Å². The summed E-state index contributed by atoms with van der Waals surface area (Å²) in [5.74, 6) is -0.608. The van der Waals surface area contributed by atoms with Gasteiger partial charge in [-0.15, -0.1) is 0 Å². The first-order valence-electron chi connectivity index (χ1n) is 5.57. The molecule has 1 amide bonds. The molecule has 20 heavy (non-hydrogen) atoms. The van der Waals surface area contributed by atoms with E-state index in [4.69, 9.17) is 10.7 Å². The highest BCUT2D eigenvalue weighted by Crippen LogP contribution is 2.21. The number of carbonyl (C=O) groups is 1. The van der Waals surface area contributed by atoms with Crippen LogP contribution in [0.4, 0.5) is 13.2 Å². The fraction of sp³-hybridized carbons (Fsp3) is 0.500. The average molecular weight is 333 g/mol. The molecule has 5 nitrogen and oxygen atoms in total. The molecule has 0 fully saturated rings. The minimum Gasteiger partial charge on any atom is -0.356 e. The summed E-state index contributed by atoms with van der Waals surface area (Å²) in [6.07, 6.45) is -3.96. The number of hydrogen-bond acceptors (Lipinski definition) is 3. The summed E-state index contributed by atoms with van der Waals surface area (Å²) in [7, 11) is 1.15. The van der Waals surface area contributed by atoms with Crippen molar-refractivity contribution < 1.29 is 26.4 Å². The van der Waals surface area contributed by atoms with Gasteiger partial charge in [-0.25, -0.2) is 8.42 Å². The van der Waals surface area contributed by atoms with Crippen LogP contribution in [0.3, 0.4) is 0 Å². The van der Waals surface area contributed by atoms with Gasteiger partial charge in [-0.3, -0.25) is 4.79 Å². The van der Waals surface area contributed by atoms with E-state index >= 15 is 0 Å². The highest BCUT2D eigenvalue weighted by molar-refractivity contribution is 8.13. The lowest BCUT2D eigenvalue weighted by Crippen LogP contribution is -2.25. The van der Waals surface area contributed by atoms with E-state index in [1.807, 2.05) is 0 Å². The molecule has 0 aromatic carbocycles. The average Bonchev–Trinajstić information content (AvgIpc) is 2.75. The van der Waals surface area contributed by atoms with E-state index in [0.717, 1.165) is 12.3 Å². The maximum atomic E-state index is 11.9. The number of carbonyl (C=O) groups excluding carboxylic acids is 1. The van der Waals surface area contributed by atoms with Crippen molar-refractivity contribution in [3.63, 3.8) is 0 Å². The fourth-order valence-electron chi connectivity index (χ4n) is 1.39. The van der Waals surface area contributed by atoms with E-state index in [2.05, 4.69) is 10.3 Å². The van der Waals surface area contributed by atoms with Crippen molar-refractivity contribution in [2.24, 2.45) is 0 Å². The van der Waals surface area contributed by atoms with Gasteiger partial charge < -0.3 is 10.3 Å². The van der Waals surface area contributed by atoms with Crippen molar-refractivity contribution in [2.45, 2.75) is 30.3 Å². The number of alkyl halides is 3. The standard InChI is InChI=1S/C10H12ClF3N2O3S/c11-20(18,19)7-5-8(16-6-7)9(17)15-4-2-1-3-10(12,13)14/h5-6,16H,1-4H2,(H,15,17). The molecule has 10 heteroatoms. The Morgan fingerprint density at radius 2 is 2.00 bits per heavy atom. The lowest BCUT2D eigenvalue weighted by atomic mass is 10.2. The molecule has 1 aromatic heterocycles. The Kier molecular flexibility index (Phi) is 5.46. The van der Waals surface area contributed by atoms with Crippen molar-refractivity contribution in [1.82, 2.24) is 10.3 Å². The van der Waals surface area contributed by atoms with Gasteiger partial charge in [0, 0.05) is 29.8 Å². The summed E-state index contributed by atoms with van der Waals surface area (Å²) < 4.78 is 57.5. The van der Waals surface area contributed by atoms with Crippen molar-refractivity contribution in [1.29, 1.82) is 0 Å². The van der Waals surface area contributed by atoms with Gasteiger partial charge in [-0.2, -0.15) is 13.2 Å². The molecule has 2 N–H and O–H groups in total. The monoisotopic (exact) mass is 332 g/mol. The van der Waals surface area contributed by atoms with Crippen molar-refractivity contribution >= 4 is 25.6 Å². The van der Waals surface area contributed by atoms with Gasteiger partial charge in [0.15, 0.2) is 0 Å². The van der Waals surface area contributed by atoms with Crippen LogP contribution < -0.4 is 5.32 Å². The zero-order chi connectivity index (χ0) is 15.4. The second-order valence-corrected chi connectivity index (χ2v) is 6.58. The van der Waals surface area contributed by atoms with E-state index in [0.29, 0.717) is 0 Å². The van der Waals surface area contributed by atoms with Gasteiger partial charge >= 0.3 is 6.18 Å². The molecule has 1 heterocycles. The molecule has 0 spiro atoms. The van der Waals surface area contributed by atoms with E-state index in [9.17, 15) is 26.4 Å². The SMILES string of the molecule is O=C(NCCCCC(F)(F)F)c1cc(S(=O)(=O)Cl)c[nH]1. The van der Waals surface area contributed by atoms with Crippen LogP contribution >= 0.6 is 10.7 Å². The minimum atomic E-state index is -4.20. The van der Waals surface area contributed by atoms with E-state index in [1.165, 1.54) is 0 Å². The van der Waals surface area contributed by atoms with Crippen LogP contribution in [-0.2, 0) is 9.05 Å². The molecule has 0 aliphatic rings. The summed E-state index contributed by atoms with van der Waals surface area (Å²) in [6, 6.07) is 1.05. The first kappa shape index (κ1) is 16.8. The lowest BCUT2D eigenvalue weighted by Gasteiger charge is -2.06. The van der Waals surface area contributed by atoms with Gasteiger partial charge in [-0.05, 0) is 18.9 Å². The number of hydrogen-bond donors (Lipinski definition) is 2. The second-order valence-electron chi connectivity index (χ2n) is 4.02. The molecule has 0 unspecified atom stereocenters. The predicted octanol–water partition coefficient (Wildman–Crippen LogP) is 2.40. The van der Waals surface area contributed by atoms with Crippen LogP contribution in [0.2, 0.25) is 0 Å². The third-order valence-corrected chi connectivity index (χ3v) is 3.69. The number of aromatic nitrogens is 1. The molecule has 114 valence electrons. The quantitative estimate of drug-likeness (QED) is 0.620. The number of amides is 1. The van der Waals surface area contributed by atoms with Crippen LogP contribution in [0, 0.1) is 0 Å². The van der Waals surface area contributed by atoms with Gasteiger partial charge in [-0.1, -0.05) is 0 Å². The van der Waals surface area contributed by atoms with E-state index in [-0.39, 0.29) is 30.0 Å². The van der Waals surface area contributed by atoms with E-state index in [1.54, 1.807) is 0 Å². The highest BCUT2D eigenvalue weighted by Gasteiger charge is 2.25. The normalized spacial score (nSPS) is 12.4. The Labute approximate surface area is 117 Å². The zero-order valence-electron chi connectivity index (χ0n) is 10.1. The molecular weight excluding hydrogens is 321 g/mol.